The molecule has 0 aliphatic rings. The van der Waals surface area contributed by atoms with Crippen LogP contribution in [0.1, 0.15) is 10.5 Å². The predicted octanol–water partition coefficient (Wildman–Crippen LogP) is 0.277. The van der Waals surface area contributed by atoms with Crippen LogP contribution in [0.15, 0.2) is 34.0 Å². The number of sulfone groups is 1. The normalized spacial score (nSPS) is 12.0. The van der Waals surface area contributed by atoms with E-state index in [9.17, 15) is 18.0 Å². The highest BCUT2D eigenvalue weighted by molar-refractivity contribution is 7.90. The smallest absolute Gasteiger partial charge is 0.353 e. The van der Waals surface area contributed by atoms with Crippen LogP contribution < -0.4 is 5.56 Å². The monoisotopic (exact) mass is 307 g/mol. The maximum absolute atomic E-state index is 12.3. The first kappa shape index (κ1) is 13.3. The highest BCUT2D eigenvalue weighted by atomic mass is 32.2. The fourth-order valence-corrected chi connectivity index (χ4v) is 2.66. The van der Waals surface area contributed by atoms with Crippen molar-refractivity contribution in [3.05, 3.63) is 40.3 Å². The molecule has 21 heavy (non-hydrogen) atoms. The van der Waals surface area contributed by atoms with Crippen molar-refractivity contribution in [3.63, 3.8) is 0 Å². The molecule has 0 saturated carbocycles. The van der Waals surface area contributed by atoms with E-state index in [0.717, 1.165) is 10.8 Å². The summed E-state index contributed by atoms with van der Waals surface area (Å²) in [4.78, 5) is 27.4. The number of hydrogen-bond acceptors (Lipinski definition) is 5. The first-order valence-corrected chi connectivity index (χ1v) is 7.65. The fraction of sp³-hybridized carbons (Fsp3) is 0.0833. The zero-order chi connectivity index (χ0) is 15.4. The zero-order valence-corrected chi connectivity index (χ0v) is 11.5. The number of fused-ring (bicyclic) bond motifs is 2. The average molecular weight is 307 g/mol. The number of aromatic nitrogens is 3. The van der Waals surface area contributed by atoms with Gasteiger partial charge in [0.15, 0.2) is 15.5 Å². The summed E-state index contributed by atoms with van der Waals surface area (Å²) in [6.45, 7) is 0. The quantitative estimate of drug-likeness (QED) is 0.701. The van der Waals surface area contributed by atoms with Gasteiger partial charge in [0.25, 0.3) is 5.56 Å². The van der Waals surface area contributed by atoms with Crippen molar-refractivity contribution in [3.8, 4) is 0 Å². The summed E-state index contributed by atoms with van der Waals surface area (Å²) in [5.41, 5.74) is -0.299. The van der Waals surface area contributed by atoms with Gasteiger partial charge >= 0.3 is 5.97 Å². The number of aromatic carboxylic acids is 1. The van der Waals surface area contributed by atoms with Crippen LogP contribution in [0.25, 0.3) is 16.6 Å². The van der Waals surface area contributed by atoms with Crippen molar-refractivity contribution in [2.75, 3.05) is 6.26 Å². The third-order valence-electron chi connectivity index (χ3n) is 3.03. The van der Waals surface area contributed by atoms with E-state index in [0.29, 0.717) is 5.52 Å². The summed E-state index contributed by atoms with van der Waals surface area (Å²) in [6, 6.07) is 5.23. The van der Waals surface area contributed by atoms with Gasteiger partial charge < -0.3 is 5.11 Å². The number of nitrogens with one attached hydrogen (secondary N) is 1. The summed E-state index contributed by atoms with van der Waals surface area (Å²) < 4.78 is 24.0. The number of carboxylic acids is 1. The van der Waals surface area contributed by atoms with Gasteiger partial charge in [-0.15, -0.1) is 0 Å². The summed E-state index contributed by atoms with van der Waals surface area (Å²) in [5, 5.41) is 11.4. The first-order chi connectivity index (χ1) is 9.77. The van der Waals surface area contributed by atoms with Crippen LogP contribution >= 0.6 is 0 Å². The standard InChI is InChI=1S/C12H9N3O5S/c1-21(19,20)6-2-3-8-7(4-6)11(16)15-10(13-8)5-9(14-15)12(17)18/h2-5,14H,1H3,(H,17,18). The van der Waals surface area contributed by atoms with Crippen LogP contribution in [0.4, 0.5) is 0 Å². The maximum Gasteiger partial charge on any atom is 0.353 e. The highest BCUT2D eigenvalue weighted by Gasteiger charge is 2.14. The van der Waals surface area contributed by atoms with E-state index < -0.39 is 21.4 Å². The average Bonchev–Trinajstić information content (AvgIpc) is 2.82. The molecule has 0 radical (unpaired) electrons. The summed E-state index contributed by atoms with van der Waals surface area (Å²) in [5.74, 6) is -1.22. The molecule has 0 amide bonds. The lowest BCUT2D eigenvalue weighted by Crippen LogP contribution is -2.16. The fourth-order valence-electron chi connectivity index (χ4n) is 2.01. The van der Waals surface area contributed by atoms with E-state index in [1.165, 1.54) is 24.3 Å². The van der Waals surface area contributed by atoms with Crippen LogP contribution in [0.2, 0.25) is 0 Å². The minimum Gasteiger partial charge on any atom is -0.477 e. The molecule has 8 nitrogen and oxygen atoms in total. The Morgan fingerprint density at radius 2 is 2.05 bits per heavy atom. The number of aromatic amines is 1. The number of carboxylic acid groups (broad SMARTS) is 1. The molecule has 0 bridgehead atoms. The largest absolute Gasteiger partial charge is 0.477 e. The SMILES string of the molecule is CS(=O)(=O)c1ccc2nc3cc(C(=O)O)[nH]n3c(=O)c2c1. The molecule has 1 aromatic carbocycles. The Morgan fingerprint density at radius 3 is 2.67 bits per heavy atom. The van der Waals surface area contributed by atoms with Crippen molar-refractivity contribution in [2.45, 2.75) is 4.90 Å². The van der Waals surface area contributed by atoms with Crippen molar-refractivity contribution >= 4 is 32.4 Å². The number of hydrogen-bond donors (Lipinski definition) is 2. The molecule has 3 rings (SSSR count). The Kier molecular flexibility index (Phi) is 2.63. The van der Waals surface area contributed by atoms with Gasteiger partial charge in [-0.3, -0.25) is 9.89 Å². The molecule has 108 valence electrons. The van der Waals surface area contributed by atoms with Gasteiger partial charge in [0.1, 0.15) is 5.69 Å². The second-order valence-electron chi connectivity index (χ2n) is 4.54. The van der Waals surface area contributed by atoms with Crippen LogP contribution in [-0.4, -0.2) is 40.3 Å². The Hall–Kier alpha value is -2.68. The van der Waals surface area contributed by atoms with E-state index in [2.05, 4.69) is 10.1 Å². The van der Waals surface area contributed by atoms with E-state index >= 15 is 0 Å². The van der Waals surface area contributed by atoms with Crippen LogP contribution in [0.5, 0.6) is 0 Å². The van der Waals surface area contributed by atoms with Gasteiger partial charge in [-0.05, 0) is 18.2 Å². The van der Waals surface area contributed by atoms with Crippen molar-refractivity contribution in [1.82, 2.24) is 14.6 Å². The lowest BCUT2D eigenvalue weighted by atomic mass is 10.2. The second kappa shape index (κ2) is 4.16. The molecular weight excluding hydrogens is 298 g/mol. The molecule has 2 heterocycles. The number of rotatable bonds is 2. The molecule has 0 aliphatic heterocycles. The molecule has 0 spiro atoms. The van der Waals surface area contributed by atoms with Crippen molar-refractivity contribution < 1.29 is 18.3 Å². The highest BCUT2D eigenvalue weighted by Crippen LogP contribution is 2.16. The minimum atomic E-state index is -3.45. The van der Waals surface area contributed by atoms with Gasteiger partial charge in [-0.2, -0.15) is 0 Å². The molecule has 0 atom stereocenters. The van der Waals surface area contributed by atoms with Gasteiger partial charge in [0, 0.05) is 12.3 Å². The van der Waals surface area contributed by atoms with Gasteiger partial charge in [-0.25, -0.2) is 22.7 Å². The number of H-pyrrole nitrogens is 1. The van der Waals surface area contributed by atoms with Crippen molar-refractivity contribution in [2.24, 2.45) is 0 Å². The predicted molar refractivity (Wildman–Crippen MR) is 73.4 cm³/mol. The molecular formula is C12H9N3O5S. The second-order valence-corrected chi connectivity index (χ2v) is 6.55. The third-order valence-corrected chi connectivity index (χ3v) is 4.14. The van der Waals surface area contributed by atoms with E-state index in [1.807, 2.05) is 0 Å². The molecule has 0 saturated heterocycles. The molecule has 2 aromatic heterocycles. The summed E-state index contributed by atoms with van der Waals surface area (Å²) in [7, 11) is -3.45. The number of benzene rings is 1. The van der Waals surface area contributed by atoms with Crippen LogP contribution in [0, 0.1) is 0 Å². The van der Waals surface area contributed by atoms with E-state index in [4.69, 9.17) is 5.11 Å². The molecule has 0 fully saturated rings. The Labute approximate surface area is 117 Å². The van der Waals surface area contributed by atoms with Crippen LogP contribution in [-0.2, 0) is 9.84 Å². The molecule has 3 aromatic rings. The Bertz CT molecular complexity index is 1060. The number of nitrogens with zero attached hydrogens (tertiary/aromatic N) is 2. The molecule has 0 aliphatic carbocycles. The first-order valence-electron chi connectivity index (χ1n) is 5.76. The summed E-state index contributed by atoms with van der Waals surface area (Å²) in [6.07, 6.45) is 1.04. The Balaban J connectivity index is 2.43. The third kappa shape index (κ3) is 2.07. The molecule has 2 N–H and O–H groups in total. The number of carbonyl (C=O) groups is 1. The van der Waals surface area contributed by atoms with Gasteiger partial charge in [-0.1, -0.05) is 0 Å². The lowest BCUT2D eigenvalue weighted by Gasteiger charge is -2.01. The van der Waals surface area contributed by atoms with Crippen molar-refractivity contribution in [1.29, 1.82) is 0 Å². The Morgan fingerprint density at radius 1 is 1.33 bits per heavy atom. The maximum atomic E-state index is 12.3. The lowest BCUT2D eigenvalue weighted by molar-refractivity contribution is 0.0690. The van der Waals surface area contributed by atoms with Gasteiger partial charge in [0.05, 0.1) is 15.8 Å². The van der Waals surface area contributed by atoms with Crippen LogP contribution in [0.3, 0.4) is 0 Å². The van der Waals surface area contributed by atoms with Gasteiger partial charge in [0.2, 0.25) is 0 Å². The minimum absolute atomic E-state index is 0.00105. The zero-order valence-electron chi connectivity index (χ0n) is 10.7. The molecule has 0 unspecified atom stereocenters. The molecule has 9 heteroatoms. The van der Waals surface area contributed by atoms with E-state index in [1.54, 1.807) is 0 Å². The summed E-state index contributed by atoms with van der Waals surface area (Å²) >= 11 is 0. The van der Waals surface area contributed by atoms with E-state index in [-0.39, 0.29) is 21.6 Å². The topological polar surface area (TPSA) is 122 Å².